The summed E-state index contributed by atoms with van der Waals surface area (Å²) in [5.41, 5.74) is 2.17. The third-order valence-electron chi connectivity index (χ3n) is 4.35. The standard InChI is InChI=1S/C10H11N2O2S2.C8H6N2O2S2.C2H6O4S/c1-3-11-8-5-4-7(12(13)14)6-9(8)16-10(11)15-2;1-13-8-9-6-3-2-5(10(11)12)4-7(6)14-8;1-2-6-7(3,4)5/h4-6H,3H2,1-2H3;2-4H,1H3;2H2,1H3,(H,3,4,5)/q+1;;/p-1. The summed E-state index contributed by atoms with van der Waals surface area (Å²) in [7, 11) is -4.42. The molecule has 0 aliphatic carbocycles. The van der Waals surface area contributed by atoms with Crippen LogP contribution in [0.4, 0.5) is 11.4 Å². The minimum absolute atomic E-state index is 0.0914. The number of hydrogen-bond donors (Lipinski definition) is 0. The van der Waals surface area contributed by atoms with Gasteiger partial charge in [-0.25, -0.2) is 13.4 Å². The number of nitro benzene ring substituents is 2. The monoisotopic (exact) mass is 606 g/mol. The van der Waals surface area contributed by atoms with Crippen molar-refractivity contribution in [2.75, 3.05) is 19.1 Å². The summed E-state index contributed by atoms with van der Waals surface area (Å²) in [4.78, 5) is 24.7. The van der Waals surface area contributed by atoms with Gasteiger partial charge in [0.1, 0.15) is 11.2 Å². The Morgan fingerprint density at radius 3 is 2.03 bits per heavy atom. The van der Waals surface area contributed by atoms with Crippen LogP contribution in [0.1, 0.15) is 13.8 Å². The van der Waals surface area contributed by atoms with E-state index in [4.69, 9.17) is 0 Å². The second kappa shape index (κ2) is 13.9. The van der Waals surface area contributed by atoms with E-state index in [2.05, 4.69) is 20.7 Å². The second-order valence-corrected chi connectivity index (χ2v) is 11.9. The molecule has 0 saturated heterocycles. The first-order valence-corrected chi connectivity index (χ1v) is 15.7. The fourth-order valence-electron chi connectivity index (χ4n) is 2.86. The first-order chi connectivity index (χ1) is 17.4. The third-order valence-corrected chi connectivity index (χ3v) is 9.14. The summed E-state index contributed by atoms with van der Waals surface area (Å²) in [6.45, 7) is 4.29. The molecule has 2 aromatic heterocycles. The average molecular weight is 607 g/mol. The van der Waals surface area contributed by atoms with Crippen LogP contribution >= 0.6 is 46.2 Å². The lowest BCUT2D eigenvalue weighted by Crippen LogP contribution is -2.32. The lowest BCUT2D eigenvalue weighted by molar-refractivity contribution is -0.698. The van der Waals surface area contributed by atoms with Gasteiger partial charge in [0, 0.05) is 30.3 Å². The van der Waals surface area contributed by atoms with Crippen LogP contribution in [0, 0.1) is 20.2 Å². The highest BCUT2D eigenvalue weighted by Crippen LogP contribution is 2.31. The van der Waals surface area contributed by atoms with Crippen LogP contribution in [-0.2, 0) is 21.1 Å². The zero-order valence-electron chi connectivity index (χ0n) is 20.0. The van der Waals surface area contributed by atoms with Crippen molar-refractivity contribution >= 4 is 88.4 Å². The Labute approximate surface area is 228 Å². The number of nitro groups is 2. The third kappa shape index (κ3) is 8.84. The second-order valence-electron chi connectivity index (χ2n) is 6.63. The molecule has 0 aliphatic heterocycles. The molecule has 0 unspecified atom stereocenters. The Bertz CT molecular complexity index is 1500. The van der Waals surface area contributed by atoms with Crippen molar-refractivity contribution in [3.63, 3.8) is 0 Å². The fourth-order valence-corrected chi connectivity index (χ4v) is 6.71. The van der Waals surface area contributed by atoms with Crippen LogP contribution in [0.25, 0.3) is 20.4 Å². The van der Waals surface area contributed by atoms with Crippen LogP contribution in [-0.4, -0.2) is 46.9 Å². The number of benzene rings is 2. The van der Waals surface area contributed by atoms with E-state index >= 15 is 0 Å². The van der Waals surface area contributed by atoms with Gasteiger partial charge in [0.15, 0.2) is 4.34 Å². The van der Waals surface area contributed by atoms with Crippen molar-refractivity contribution < 1.29 is 31.6 Å². The summed E-state index contributed by atoms with van der Waals surface area (Å²) in [5, 5.41) is 21.2. The molecule has 0 bridgehead atoms. The summed E-state index contributed by atoms with van der Waals surface area (Å²) >= 11 is 6.30. The smallest absolute Gasteiger partial charge is 0.298 e. The Hall–Kier alpha value is -2.41. The van der Waals surface area contributed by atoms with Crippen molar-refractivity contribution in [3.8, 4) is 0 Å². The van der Waals surface area contributed by atoms with E-state index in [1.807, 2.05) is 18.6 Å². The number of aryl methyl sites for hydroxylation is 1. The maximum absolute atomic E-state index is 10.7. The van der Waals surface area contributed by atoms with E-state index in [0.29, 0.717) is 0 Å². The van der Waals surface area contributed by atoms with Gasteiger partial charge in [-0.05, 0) is 44.2 Å². The van der Waals surface area contributed by atoms with Crippen molar-refractivity contribution in [3.05, 3.63) is 56.6 Å². The Morgan fingerprint density at radius 2 is 1.57 bits per heavy atom. The molecule has 2 heterocycles. The number of fused-ring (bicyclic) bond motifs is 2. The molecular formula is C20H22N4O8S5. The van der Waals surface area contributed by atoms with Gasteiger partial charge >= 0.3 is 0 Å². The van der Waals surface area contributed by atoms with Crippen molar-refractivity contribution in [2.45, 2.75) is 29.1 Å². The lowest BCUT2D eigenvalue weighted by Gasteiger charge is -2.02. The molecule has 200 valence electrons. The maximum atomic E-state index is 10.7. The van der Waals surface area contributed by atoms with Crippen molar-refractivity contribution in [1.29, 1.82) is 0 Å². The highest BCUT2D eigenvalue weighted by molar-refractivity contribution is 8.00. The number of thioether (sulfide) groups is 2. The molecule has 0 amide bonds. The first kappa shape index (κ1) is 30.8. The van der Waals surface area contributed by atoms with Gasteiger partial charge in [0.25, 0.3) is 15.7 Å². The molecule has 37 heavy (non-hydrogen) atoms. The van der Waals surface area contributed by atoms with E-state index < -0.39 is 15.3 Å². The van der Waals surface area contributed by atoms with Crippen LogP contribution in [0.3, 0.4) is 0 Å². The Morgan fingerprint density at radius 1 is 0.973 bits per heavy atom. The van der Waals surface area contributed by atoms with E-state index in [1.165, 1.54) is 28.7 Å². The highest BCUT2D eigenvalue weighted by atomic mass is 32.3. The predicted molar refractivity (Wildman–Crippen MR) is 146 cm³/mol. The molecule has 0 N–H and O–H groups in total. The summed E-state index contributed by atoms with van der Waals surface area (Å²) in [6, 6.07) is 9.76. The molecule has 0 aliphatic rings. The van der Waals surface area contributed by atoms with E-state index in [-0.39, 0.29) is 22.9 Å². The number of thiazole rings is 2. The van der Waals surface area contributed by atoms with Gasteiger partial charge in [0.2, 0.25) is 15.9 Å². The van der Waals surface area contributed by atoms with Gasteiger partial charge in [-0.1, -0.05) is 23.1 Å². The van der Waals surface area contributed by atoms with E-state index in [0.717, 1.165) is 31.3 Å². The van der Waals surface area contributed by atoms with Crippen LogP contribution < -0.4 is 4.57 Å². The number of nitrogens with zero attached hydrogens (tertiary/aromatic N) is 4. The molecule has 4 rings (SSSR count). The van der Waals surface area contributed by atoms with Crippen LogP contribution in [0.5, 0.6) is 0 Å². The van der Waals surface area contributed by atoms with Gasteiger partial charge < -0.3 is 4.55 Å². The van der Waals surface area contributed by atoms with Gasteiger partial charge in [-0.15, -0.1) is 11.3 Å². The normalized spacial score (nSPS) is 10.9. The highest BCUT2D eigenvalue weighted by Gasteiger charge is 2.20. The molecule has 0 radical (unpaired) electrons. The van der Waals surface area contributed by atoms with Crippen LogP contribution in [0.15, 0.2) is 45.1 Å². The first-order valence-electron chi connectivity index (χ1n) is 10.3. The summed E-state index contributed by atoms with van der Waals surface area (Å²) in [5.74, 6) is 0. The molecule has 0 spiro atoms. The Balaban J connectivity index is 0.000000210. The van der Waals surface area contributed by atoms with Gasteiger partial charge in [-0.2, -0.15) is 4.57 Å². The average Bonchev–Trinajstić information content (AvgIpc) is 3.43. The zero-order valence-corrected chi connectivity index (χ0v) is 24.1. The van der Waals surface area contributed by atoms with Crippen molar-refractivity contribution in [1.82, 2.24) is 4.98 Å². The summed E-state index contributed by atoms with van der Waals surface area (Å²) < 4.78 is 38.1. The number of non-ortho nitro benzene ring substituents is 2. The molecule has 0 atom stereocenters. The molecule has 0 fully saturated rings. The molecule has 2 aromatic carbocycles. The van der Waals surface area contributed by atoms with E-state index in [1.54, 1.807) is 59.1 Å². The molecule has 17 heteroatoms. The van der Waals surface area contributed by atoms with Crippen molar-refractivity contribution in [2.24, 2.45) is 0 Å². The molecular weight excluding hydrogens is 585 g/mol. The molecule has 12 nitrogen and oxygen atoms in total. The molecule has 0 saturated carbocycles. The topological polar surface area (TPSA) is 169 Å². The van der Waals surface area contributed by atoms with Gasteiger partial charge in [-0.3, -0.25) is 24.4 Å². The minimum atomic E-state index is -4.42. The van der Waals surface area contributed by atoms with Gasteiger partial charge in [0.05, 0.1) is 26.7 Å². The zero-order chi connectivity index (χ0) is 27.8. The number of aromatic nitrogens is 2. The predicted octanol–water partition coefficient (Wildman–Crippen LogP) is 5.25. The maximum Gasteiger partial charge on any atom is 0.298 e. The SMILES string of the molecule is CCOS(=O)(=O)[O-].CC[n+]1c(SC)sc2cc([N+](=O)[O-])ccc21.CSc1nc2ccc([N+](=O)[O-])cc2s1. The Kier molecular flexibility index (Phi) is 11.6. The largest absolute Gasteiger partial charge is 0.726 e. The number of rotatable bonds is 7. The van der Waals surface area contributed by atoms with Crippen LogP contribution in [0.2, 0.25) is 0 Å². The summed E-state index contributed by atoms with van der Waals surface area (Å²) in [6.07, 6.45) is 3.96. The van der Waals surface area contributed by atoms with E-state index in [9.17, 15) is 33.2 Å². The minimum Gasteiger partial charge on any atom is -0.726 e. The number of hydrogen-bond acceptors (Lipinski definition) is 13. The molecule has 4 aromatic rings. The fraction of sp³-hybridized carbons (Fsp3) is 0.300. The lowest BCUT2D eigenvalue weighted by atomic mass is 10.3. The quantitative estimate of drug-likeness (QED) is 0.0672.